The summed E-state index contributed by atoms with van der Waals surface area (Å²) < 4.78 is 28.6. The van der Waals surface area contributed by atoms with E-state index >= 15 is 0 Å². The van der Waals surface area contributed by atoms with Crippen molar-refractivity contribution in [3.05, 3.63) is 97.5 Å². The van der Waals surface area contributed by atoms with Crippen LogP contribution in [0.3, 0.4) is 0 Å². The molecule has 6 nitrogen and oxygen atoms in total. The first kappa shape index (κ1) is 27.2. The fraction of sp³-hybridized carbons (Fsp3) is 0.200. The van der Waals surface area contributed by atoms with Crippen molar-refractivity contribution in [1.29, 1.82) is 0 Å². The minimum atomic E-state index is -4.05. The molecule has 3 rings (SSSR count). The first-order valence-corrected chi connectivity index (χ1v) is 13.1. The van der Waals surface area contributed by atoms with E-state index in [-0.39, 0.29) is 11.4 Å². The van der Waals surface area contributed by atoms with E-state index in [9.17, 15) is 13.2 Å². The lowest BCUT2D eigenvalue weighted by Crippen LogP contribution is -2.39. The molecule has 0 atom stereocenters. The van der Waals surface area contributed by atoms with Crippen LogP contribution in [-0.4, -0.2) is 31.4 Å². The predicted octanol–water partition coefficient (Wildman–Crippen LogP) is 5.91. The lowest BCUT2D eigenvalue weighted by atomic mass is 10.1. The molecule has 0 spiro atoms. The fourth-order valence-electron chi connectivity index (χ4n) is 3.69. The fourth-order valence-corrected chi connectivity index (χ4v) is 5.94. The van der Waals surface area contributed by atoms with Crippen molar-refractivity contribution in [3.8, 4) is 0 Å². The summed E-state index contributed by atoms with van der Waals surface area (Å²) in [6, 6.07) is 15.3. The van der Waals surface area contributed by atoms with E-state index in [0.29, 0.717) is 31.8 Å². The molecule has 184 valence electrons. The summed E-state index contributed by atoms with van der Waals surface area (Å²) in [6.07, 6.45) is 1.44. The second-order valence-corrected chi connectivity index (χ2v) is 11.2. The Bertz CT molecular complexity index is 1350. The van der Waals surface area contributed by atoms with E-state index in [2.05, 4.69) is 10.5 Å². The molecule has 0 aromatic heterocycles. The number of carbonyl (C=O) groups excluding carboxylic acids is 1. The van der Waals surface area contributed by atoms with Crippen molar-refractivity contribution in [1.82, 2.24) is 9.73 Å². The average Bonchev–Trinajstić information content (AvgIpc) is 2.76. The normalized spacial score (nSPS) is 11.9. The zero-order valence-corrected chi connectivity index (χ0v) is 22.4. The van der Waals surface area contributed by atoms with Crippen LogP contribution in [0.4, 0.5) is 0 Å². The van der Waals surface area contributed by atoms with Gasteiger partial charge in [-0.2, -0.15) is 9.41 Å². The molecule has 0 radical (unpaired) electrons. The van der Waals surface area contributed by atoms with Crippen LogP contribution in [-0.2, 0) is 21.4 Å². The summed E-state index contributed by atoms with van der Waals surface area (Å²) in [5, 5.41) is 5.15. The Labute approximate surface area is 220 Å². The molecule has 0 heterocycles. The maximum atomic E-state index is 13.7. The zero-order chi connectivity index (χ0) is 25.8. The van der Waals surface area contributed by atoms with Crippen molar-refractivity contribution in [2.45, 2.75) is 32.2 Å². The lowest BCUT2D eigenvalue weighted by molar-refractivity contribution is -0.121. The largest absolute Gasteiger partial charge is 0.272 e. The first-order valence-electron chi connectivity index (χ1n) is 10.6. The molecule has 0 fully saturated rings. The number of amides is 1. The van der Waals surface area contributed by atoms with E-state index < -0.39 is 22.5 Å². The number of hydrazone groups is 1. The van der Waals surface area contributed by atoms with Crippen molar-refractivity contribution in [2.24, 2.45) is 5.10 Å². The van der Waals surface area contributed by atoms with E-state index in [1.54, 1.807) is 68.4 Å². The highest BCUT2D eigenvalue weighted by atomic mass is 35.5. The summed E-state index contributed by atoms with van der Waals surface area (Å²) in [5.41, 5.74) is 5.85. The molecule has 1 N–H and O–H groups in total. The van der Waals surface area contributed by atoms with Gasteiger partial charge in [0.2, 0.25) is 10.0 Å². The Hall–Kier alpha value is -2.42. The van der Waals surface area contributed by atoms with Crippen LogP contribution in [0.15, 0.2) is 64.6 Å². The third kappa shape index (κ3) is 7.06. The van der Waals surface area contributed by atoms with Gasteiger partial charge in [0.15, 0.2) is 0 Å². The van der Waals surface area contributed by atoms with Crippen LogP contribution < -0.4 is 5.43 Å². The van der Waals surface area contributed by atoms with Gasteiger partial charge in [0.05, 0.1) is 27.7 Å². The van der Waals surface area contributed by atoms with Gasteiger partial charge in [-0.3, -0.25) is 4.79 Å². The molecular weight excluding hydrogens is 529 g/mol. The first-order chi connectivity index (χ1) is 16.5. The van der Waals surface area contributed by atoms with E-state index in [0.717, 1.165) is 15.4 Å². The van der Waals surface area contributed by atoms with Crippen LogP contribution in [0.1, 0.15) is 27.8 Å². The van der Waals surface area contributed by atoms with Gasteiger partial charge < -0.3 is 0 Å². The van der Waals surface area contributed by atoms with Gasteiger partial charge in [0, 0.05) is 11.6 Å². The molecule has 0 unspecified atom stereocenters. The smallest absolute Gasteiger partial charge is 0.255 e. The summed E-state index contributed by atoms with van der Waals surface area (Å²) in [6.45, 7) is 4.84. The number of aryl methyl sites for hydroxylation is 3. The Kier molecular flexibility index (Phi) is 8.96. The molecule has 0 saturated heterocycles. The molecule has 3 aromatic carbocycles. The second kappa shape index (κ2) is 11.5. The van der Waals surface area contributed by atoms with Gasteiger partial charge in [0.25, 0.3) is 5.91 Å². The molecule has 10 heteroatoms. The number of halogens is 3. The highest BCUT2D eigenvalue weighted by molar-refractivity contribution is 7.89. The minimum Gasteiger partial charge on any atom is -0.272 e. The van der Waals surface area contributed by atoms with Crippen LogP contribution in [0, 0.1) is 20.8 Å². The molecule has 1 amide bonds. The highest BCUT2D eigenvalue weighted by Crippen LogP contribution is 2.28. The number of hydrogen-bond acceptors (Lipinski definition) is 4. The number of sulfonamides is 1. The van der Waals surface area contributed by atoms with Crippen LogP contribution in [0.25, 0.3) is 0 Å². The monoisotopic (exact) mass is 551 g/mol. The van der Waals surface area contributed by atoms with E-state index in [1.165, 1.54) is 6.21 Å². The van der Waals surface area contributed by atoms with E-state index in [1.807, 2.05) is 6.92 Å². The quantitative estimate of drug-likeness (QED) is 0.279. The molecule has 0 saturated carbocycles. The van der Waals surface area contributed by atoms with E-state index in [4.69, 9.17) is 34.8 Å². The highest BCUT2D eigenvalue weighted by Gasteiger charge is 2.30. The van der Waals surface area contributed by atoms with Gasteiger partial charge in [-0.25, -0.2) is 13.8 Å². The maximum Gasteiger partial charge on any atom is 0.255 e. The second-order valence-electron chi connectivity index (χ2n) is 8.09. The Morgan fingerprint density at radius 2 is 1.57 bits per heavy atom. The van der Waals surface area contributed by atoms with Crippen molar-refractivity contribution in [2.75, 3.05) is 6.54 Å². The zero-order valence-electron chi connectivity index (χ0n) is 19.3. The number of hydrogen-bond donors (Lipinski definition) is 1. The van der Waals surface area contributed by atoms with Gasteiger partial charge in [-0.1, -0.05) is 70.7 Å². The Morgan fingerprint density at radius 1 is 0.943 bits per heavy atom. The molecule has 35 heavy (non-hydrogen) atoms. The summed E-state index contributed by atoms with van der Waals surface area (Å²) >= 11 is 18.0. The van der Waals surface area contributed by atoms with Gasteiger partial charge in [0.1, 0.15) is 0 Å². The van der Waals surface area contributed by atoms with Crippen LogP contribution >= 0.6 is 34.8 Å². The molecule has 0 aliphatic heterocycles. The Morgan fingerprint density at radius 3 is 2.17 bits per heavy atom. The van der Waals surface area contributed by atoms with Gasteiger partial charge in [-0.05, 0) is 67.3 Å². The van der Waals surface area contributed by atoms with Gasteiger partial charge in [-0.15, -0.1) is 0 Å². The Balaban J connectivity index is 1.89. The molecule has 3 aromatic rings. The molecule has 0 bridgehead atoms. The van der Waals surface area contributed by atoms with Crippen molar-refractivity contribution in [3.63, 3.8) is 0 Å². The molecule has 0 aliphatic carbocycles. The van der Waals surface area contributed by atoms with Crippen molar-refractivity contribution >= 4 is 56.9 Å². The lowest BCUT2D eigenvalue weighted by Gasteiger charge is -2.24. The SMILES string of the molecule is Cc1cc(C)c(S(=O)(=O)N(CC(=O)N/N=C/c2ccc(Cl)cc2)Cc2ccc(Cl)c(Cl)c2)c(C)c1. The number of carbonyl (C=O) groups is 1. The summed E-state index contributed by atoms with van der Waals surface area (Å²) in [5.74, 6) is -0.596. The topological polar surface area (TPSA) is 78.8 Å². The maximum absolute atomic E-state index is 13.7. The summed E-state index contributed by atoms with van der Waals surface area (Å²) in [4.78, 5) is 12.9. The third-order valence-corrected chi connectivity index (χ3v) is 8.23. The number of nitrogens with zero attached hydrogens (tertiary/aromatic N) is 2. The predicted molar refractivity (Wildman–Crippen MR) is 142 cm³/mol. The summed E-state index contributed by atoms with van der Waals surface area (Å²) in [7, 11) is -4.05. The van der Waals surface area contributed by atoms with Crippen LogP contribution in [0.5, 0.6) is 0 Å². The van der Waals surface area contributed by atoms with Gasteiger partial charge >= 0.3 is 0 Å². The minimum absolute atomic E-state index is 0.0830. The average molecular weight is 553 g/mol. The number of benzene rings is 3. The van der Waals surface area contributed by atoms with Crippen LogP contribution in [0.2, 0.25) is 15.1 Å². The van der Waals surface area contributed by atoms with Crippen molar-refractivity contribution < 1.29 is 13.2 Å². The number of rotatable bonds is 8. The molecular formula is C25H24Cl3N3O3S. The molecule has 0 aliphatic rings. The standard InChI is InChI=1S/C25H24Cl3N3O3S/c1-16-10-17(2)25(18(3)11-16)35(33,34)31(14-20-6-9-22(27)23(28)12-20)15-24(32)30-29-13-19-4-7-21(26)8-5-19/h4-13H,14-15H2,1-3H3,(H,30,32)/b29-13+. The number of nitrogens with one attached hydrogen (secondary N) is 1. The third-order valence-electron chi connectivity index (χ3n) is 5.14.